The van der Waals surface area contributed by atoms with Gasteiger partial charge in [-0.05, 0) is 25.7 Å². The minimum Gasteiger partial charge on any atom is -0.355 e. The van der Waals surface area contributed by atoms with E-state index >= 15 is 0 Å². The highest BCUT2D eigenvalue weighted by atomic mass is 35.5. The summed E-state index contributed by atoms with van der Waals surface area (Å²) in [5.41, 5.74) is 0.199. The fourth-order valence-electron chi connectivity index (χ4n) is 2.42. The maximum Gasteiger partial charge on any atom is 0.223 e. The molecule has 2 rings (SSSR count). The van der Waals surface area contributed by atoms with Gasteiger partial charge in [-0.1, -0.05) is 19.3 Å². The highest BCUT2D eigenvalue weighted by molar-refractivity contribution is 6.18. The molecule has 0 aromatic heterocycles. The largest absolute Gasteiger partial charge is 0.355 e. The molecule has 1 N–H and O–H groups in total. The molecule has 0 unspecified atom stereocenters. The number of hydrogen-bond donors (Lipinski definition) is 1. The Morgan fingerprint density at radius 3 is 2.47 bits per heavy atom. The SMILES string of the molecule is O=C(NCC1(CCl)CCCCC1)C1CC1. The average molecular weight is 230 g/mol. The zero-order chi connectivity index (χ0) is 10.7. The van der Waals surface area contributed by atoms with E-state index in [4.69, 9.17) is 11.6 Å². The molecule has 0 radical (unpaired) electrons. The number of hydrogen-bond acceptors (Lipinski definition) is 1. The third-order valence-corrected chi connectivity index (χ3v) is 4.35. The van der Waals surface area contributed by atoms with E-state index in [0.717, 1.165) is 19.4 Å². The van der Waals surface area contributed by atoms with Gasteiger partial charge in [0.15, 0.2) is 0 Å². The van der Waals surface area contributed by atoms with Gasteiger partial charge in [0, 0.05) is 23.8 Å². The van der Waals surface area contributed by atoms with Crippen LogP contribution >= 0.6 is 11.6 Å². The van der Waals surface area contributed by atoms with Crippen molar-refractivity contribution in [3.05, 3.63) is 0 Å². The van der Waals surface area contributed by atoms with E-state index in [1.807, 2.05) is 0 Å². The molecule has 3 heteroatoms. The van der Waals surface area contributed by atoms with Crippen molar-refractivity contribution in [2.24, 2.45) is 11.3 Å². The number of nitrogens with one attached hydrogen (secondary N) is 1. The summed E-state index contributed by atoms with van der Waals surface area (Å²) in [7, 11) is 0. The van der Waals surface area contributed by atoms with Gasteiger partial charge < -0.3 is 5.32 Å². The molecule has 0 aromatic rings. The normalized spacial score (nSPS) is 24.9. The lowest BCUT2D eigenvalue weighted by atomic mass is 9.75. The van der Waals surface area contributed by atoms with Crippen LogP contribution in [-0.2, 0) is 4.79 Å². The number of alkyl halides is 1. The predicted octanol–water partition coefficient (Wildman–Crippen LogP) is 2.70. The van der Waals surface area contributed by atoms with Crippen LogP contribution in [0.15, 0.2) is 0 Å². The summed E-state index contributed by atoms with van der Waals surface area (Å²) >= 11 is 6.06. The van der Waals surface area contributed by atoms with E-state index in [2.05, 4.69) is 5.32 Å². The lowest BCUT2D eigenvalue weighted by molar-refractivity contribution is -0.122. The highest BCUT2D eigenvalue weighted by Crippen LogP contribution is 2.37. The molecule has 15 heavy (non-hydrogen) atoms. The van der Waals surface area contributed by atoms with Crippen molar-refractivity contribution in [2.45, 2.75) is 44.9 Å². The zero-order valence-corrected chi connectivity index (χ0v) is 9.98. The highest BCUT2D eigenvalue weighted by Gasteiger charge is 2.34. The number of halogens is 1. The molecule has 2 saturated carbocycles. The monoisotopic (exact) mass is 229 g/mol. The maximum atomic E-state index is 11.6. The Kier molecular flexibility index (Phi) is 3.55. The van der Waals surface area contributed by atoms with Gasteiger partial charge in [0.05, 0.1) is 0 Å². The molecular formula is C12H20ClNO. The summed E-state index contributed by atoms with van der Waals surface area (Å²) in [6, 6.07) is 0. The van der Waals surface area contributed by atoms with Gasteiger partial charge in [0.25, 0.3) is 0 Å². The molecule has 2 aliphatic rings. The summed E-state index contributed by atoms with van der Waals surface area (Å²) < 4.78 is 0. The molecule has 0 spiro atoms. The topological polar surface area (TPSA) is 29.1 Å². The first-order valence-corrected chi connectivity index (χ1v) is 6.63. The smallest absolute Gasteiger partial charge is 0.223 e. The molecule has 0 aromatic carbocycles. The Hall–Kier alpha value is -0.240. The van der Waals surface area contributed by atoms with Crippen molar-refractivity contribution in [1.82, 2.24) is 5.32 Å². The third kappa shape index (κ3) is 2.87. The maximum absolute atomic E-state index is 11.6. The molecule has 2 fully saturated rings. The van der Waals surface area contributed by atoms with Crippen LogP contribution in [0.2, 0.25) is 0 Å². The van der Waals surface area contributed by atoms with E-state index in [0.29, 0.717) is 11.8 Å². The van der Waals surface area contributed by atoms with Crippen LogP contribution in [0.1, 0.15) is 44.9 Å². The second-order valence-electron chi connectivity index (χ2n) is 5.19. The number of carbonyl (C=O) groups excluding carboxylic acids is 1. The fourth-order valence-corrected chi connectivity index (χ4v) is 2.79. The van der Waals surface area contributed by atoms with Gasteiger partial charge >= 0.3 is 0 Å². The first-order chi connectivity index (χ1) is 7.26. The Labute approximate surface area is 96.8 Å². The van der Waals surface area contributed by atoms with Crippen LogP contribution < -0.4 is 5.32 Å². The van der Waals surface area contributed by atoms with Gasteiger partial charge in [0.2, 0.25) is 5.91 Å². The van der Waals surface area contributed by atoms with Gasteiger partial charge in [-0.25, -0.2) is 0 Å². The van der Waals surface area contributed by atoms with Gasteiger partial charge in [-0.2, -0.15) is 0 Å². The van der Waals surface area contributed by atoms with Crippen molar-refractivity contribution >= 4 is 17.5 Å². The average Bonchev–Trinajstić information content (AvgIpc) is 3.11. The van der Waals surface area contributed by atoms with Crippen molar-refractivity contribution in [2.75, 3.05) is 12.4 Å². The van der Waals surface area contributed by atoms with E-state index in [1.54, 1.807) is 0 Å². The molecule has 2 aliphatic carbocycles. The molecule has 0 aliphatic heterocycles. The van der Waals surface area contributed by atoms with Crippen LogP contribution in [0.3, 0.4) is 0 Å². The van der Waals surface area contributed by atoms with Crippen molar-refractivity contribution in [3.8, 4) is 0 Å². The molecule has 0 atom stereocenters. The third-order valence-electron chi connectivity index (χ3n) is 3.78. The summed E-state index contributed by atoms with van der Waals surface area (Å²) in [6.07, 6.45) is 8.40. The molecule has 2 nitrogen and oxygen atoms in total. The quantitative estimate of drug-likeness (QED) is 0.738. The Balaban J connectivity index is 1.80. The number of rotatable bonds is 4. The molecular weight excluding hydrogens is 210 g/mol. The minimum atomic E-state index is 0.199. The minimum absolute atomic E-state index is 0.199. The number of amides is 1. The van der Waals surface area contributed by atoms with Crippen LogP contribution in [0.4, 0.5) is 0 Å². The molecule has 86 valence electrons. The zero-order valence-electron chi connectivity index (χ0n) is 9.23. The molecule has 0 saturated heterocycles. The van der Waals surface area contributed by atoms with Crippen molar-refractivity contribution in [3.63, 3.8) is 0 Å². The van der Waals surface area contributed by atoms with Crippen LogP contribution in [0.25, 0.3) is 0 Å². The van der Waals surface area contributed by atoms with E-state index in [-0.39, 0.29) is 11.3 Å². The van der Waals surface area contributed by atoms with Gasteiger partial charge in [-0.3, -0.25) is 4.79 Å². The lowest BCUT2D eigenvalue weighted by Crippen LogP contribution is -2.40. The number of carbonyl (C=O) groups is 1. The van der Waals surface area contributed by atoms with Crippen molar-refractivity contribution in [1.29, 1.82) is 0 Å². The predicted molar refractivity (Wildman–Crippen MR) is 62.0 cm³/mol. The first-order valence-electron chi connectivity index (χ1n) is 6.09. The van der Waals surface area contributed by atoms with Crippen LogP contribution in [0.5, 0.6) is 0 Å². The van der Waals surface area contributed by atoms with Gasteiger partial charge in [0.1, 0.15) is 0 Å². The Morgan fingerprint density at radius 2 is 1.93 bits per heavy atom. The molecule has 0 bridgehead atoms. The Bertz CT molecular complexity index is 232. The second kappa shape index (κ2) is 4.73. The van der Waals surface area contributed by atoms with Crippen LogP contribution in [-0.4, -0.2) is 18.3 Å². The summed E-state index contributed by atoms with van der Waals surface area (Å²) in [4.78, 5) is 11.6. The lowest BCUT2D eigenvalue weighted by Gasteiger charge is -2.35. The summed E-state index contributed by atoms with van der Waals surface area (Å²) in [5, 5.41) is 3.08. The Morgan fingerprint density at radius 1 is 1.27 bits per heavy atom. The first kappa shape index (κ1) is 11.3. The van der Waals surface area contributed by atoms with Gasteiger partial charge in [-0.15, -0.1) is 11.6 Å². The van der Waals surface area contributed by atoms with E-state index in [1.165, 1.54) is 32.1 Å². The van der Waals surface area contributed by atoms with Crippen LogP contribution in [0, 0.1) is 11.3 Å². The summed E-state index contributed by atoms with van der Waals surface area (Å²) in [6.45, 7) is 0.797. The summed E-state index contributed by atoms with van der Waals surface area (Å²) in [5.74, 6) is 1.27. The van der Waals surface area contributed by atoms with E-state index in [9.17, 15) is 4.79 Å². The van der Waals surface area contributed by atoms with E-state index < -0.39 is 0 Å². The fraction of sp³-hybridized carbons (Fsp3) is 0.917. The second-order valence-corrected chi connectivity index (χ2v) is 5.45. The van der Waals surface area contributed by atoms with Crippen molar-refractivity contribution < 1.29 is 4.79 Å². The standard InChI is InChI=1S/C12H20ClNO/c13-8-12(6-2-1-3-7-12)9-14-11(15)10-4-5-10/h10H,1-9H2,(H,14,15). The molecule has 0 heterocycles. The molecule has 1 amide bonds.